The highest BCUT2D eigenvalue weighted by atomic mass is 19.4. The molecule has 0 bridgehead atoms. The summed E-state index contributed by atoms with van der Waals surface area (Å²) in [6, 6.07) is 5.97. The lowest BCUT2D eigenvalue weighted by molar-refractivity contribution is -0.298. The van der Waals surface area contributed by atoms with E-state index in [1.54, 1.807) is 19.9 Å². The van der Waals surface area contributed by atoms with Gasteiger partial charge in [-0.05, 0) is 38.5 Å². The number of hydrogen-bond acceptors (Lipinski definition) is 2. The van der Waals surface area contributed by atoms with Crippen molar-refractivity contribution in [2.24, 2.45) is 0 Å². The molecule has 0 fully saturated rings. The summed E-state index contributed by atoms with van der Waals surface area (Å²) in [6.45, 7) is 4.75. The van der Waals surface area contributed by atoms with Gasteiger partial charge in [-0.15, -0.1) is 0 Å². The third kappa shape index (κ3) is 4.32. The van der Waals surface area contributed by atoms with Crippen LogP contribution in [-0.2, 0) is 10.3 Å². The van der Waals surface area contributed by atoms with E-state index in [1.807, 2.05) is 0 Å². The largest absolute Gasteiger partial charge is 0.491 e. The number of rotatable bonds is 6. The van der Waals surface area contributed by atoms with Gasteiger partial charge in [0.05, 0.1) is 18.1 Å². The third-order valence-electron chi connectivity index (χ3n) is 3.24. The van der Waals surface area contributed by atoms with Gasteiger partial charge in [0.25, 0.3) is 0 Å². The van der Waals surface area contributed by atoms with E-state index in [9.17, 15) is 22.0 Å². The van der Waals surface area contributed by atoms with Crippen molar-refractivity contribution in [2.75, 3.05) is 7.11 Å². The van der Waals surface area contributed by atoms with Crippen molar-refractivity contribution in [3.63, 3.8) is 0 Å². The lowest BCUT2D eigenvalue weighted by Gasteiger charge is -2.33. The van der Waals surface area contributed by atoms with E-state index in [2.05, 4.69) is 0 Å². The van der Waals surface area contributed by atoms with E-state index >= 15 is 0 Å². The highest BCUT2D eigenvalue weighted by Gasteiger charge is 2.60. The quantitative estimate of drug-likeness (QED) is 0.691. The molecule has 0 saturated carbocycles. The zero-order valence-electron chi connectivity index (χ0n) is 12.8. The number of alkyl halides is 5. The smallest absolute Gasteiger partial charge is 0.453 e. The maximum absolute atomic E-state index is 13.4. The summed E-state index contributed by atoms with van der Waals surface area (Å²) in [4.78, 5) is 0. The van der Waals surface area contributed by atoms with Crippen molar-refractivity contribution in [3.8, 4) is 5.75 Å². The first-order chi connectivity index (χ1) is 9.91. The van der Waals surface area contributed by atoms with E-state index in [1.165, 1.54) is 25.1 Å². The van der Waals surface area contributed by atoms with Crippen LogP contribution in [0.25, 0.3) is 0 Å². The Hall–Kier alpha value is -1.37. The second-order valence-corrected chi connectivity index (χ2v) is 5.51. The molecule has 0 saturated heterocycles. The van der Waals surface area contributed by atoms with Gasteiger partial charge in [0, 0.05) is 7.11 Å². The van der Waals surface area contributed by atoms with Crippen LogP contribution < -0.4 is 4.74 Å². The lowest BCUT2D eigenvalue weighted by atomic mass is 9.89. The van der Waals surface area contributed by atoms with Crippen LogP contribution in [0.1, 0.15) is 32.8 Å². The summed E-state index contributed by atoms with van der Waals surface area (Å²) >= 11 is 0. The monoisotopic (exact) mass is 326 g/mol. The Balaban J connectivity index is 3.13. The predicted octanol–water partition coefficient (Wildman–Crippen LogP) is 4.92. The molecule has 2 nitrogen and oxygen atoms in total. The number of ether oxygens (including phenoxy) is 2. The minimum absolute atomic E-state index is 0.152. The van der Waals surface area contributed by atoms with E-state index in [-0.39, 0.29) is 11.7 Å². The molecular formula is C15H19F5O2. The van der Waals surface area contributed by atoms with E-state index < -0.39 is 24.1 Å². The summed E-state index contributed by atoms with van der Waals surface area (Å²) < 4.78 is 74.5. The number of benzene rings is 1. The van der Waals surface area contributed by atoms with Crippen molar-refractivity contribution in [2.45, 2.75) is 51.0 Å². The fraction of sp³-hybridized carbons (Fsp3) is 0.600. The molecule has 1 atom stereocenters. The van der Waals surface area contributed by atoms with Gasteiger partial charge < -0.3 is 9.47 Å². The van der Waals surface area contributed by atoms with Crippen LogP contribution in [0.3, 0.4) is 0 Å². The van der Waals surface area contributed by atoms with E-state index in [0.717, 1.165) is 7.11 Å². The maximum atomic E-state index is 13.4. The second kappa shape index (κ2) is 6.40. The lowest BCUT2D eigenvalue weighted by Crippen LogP contribution is -2.43. The number of hydrogen-bond donors (Lipinski definition) is 0. The average molecular weight is 326 g/mol. The summed E-state index contributed by atoms with van der Waals surface area (Å²) in [5.74, 6) is -4.47. The Morgan fingerprint density at radius 3 is 2.14 bits per heavy atom. The van der Waals surface area contributed by atoms with Crippen molar-refractivity contribution in [1.29, 1.82) is 0 Å². The standard InChI is InChI=1S/C15H19F5O2/c1-10(2)22-12-7-5-6-11(8-12)13(3,21-4)9-14(16,17)15(18,19)20/h5-8,10H,9H2,1-4H3. The van der Waals surface area contributed by atoms with Crippen LogP contribution in [0.2, 0.25) is 0 Å². The maximum Gasteiger partial charge on any atom is 0.453 e. The molecule has 0 amide bonds. The molecule has 22 heavy (non-hydrogen) atoms. The summed E-state index contributed by atoms with van der Waals surface area (Å²) in [5, 5.41) is 0. The van der Waals surface area contributed by atoms with Gasteiger partial charge in [0.2, 0.25) is 0 Å². The van der Waals surface area contributed by atoms with Crippen molar-refractivity contribution in [3.05, 3.63) is 29.8 Å². The summed E-state index contributed by atoms with van der Waals surface area (Å²) in [7, 11) is 1.10. The normalized spacial score (nSPS) is 15.7. The first-order valence-corrected chi connectivity index (χ1v) is 6.68. The average Bonchev–Trinajstić information content (AvgIpc) is 2.36. The zero-order valence-corrected chi connectivity index (χ0v) is 12.8. The van der Waals surface area contributed by atoms with Gasteiger partial charge in [-0.25, -0.2) is 0 Å². The number of halogens is 5. The fourth-order valence-corrected chi connectivity index (χ4v) is 1.99. The number of methoxy groups -OCH3 is 1. The van der Waals surface area contributed by atoms with E-state index in [4.69, 9.17) is 9.47 Å². The summed E-state index contributed by atoms with van der Waals surface area (Å²) in [5.41, 5.74) is -1.60. The topological polar surface area (TPSA) is 18.5 Å². The Bertz CT molecular complexity index is 499. The molecule has 1 aromatic rings. The van der Waals surface area contributed by atoms with Gasteiger partial charge >= 0.3 is 12.1 Å². The molecule has 0 aliphatic carbocycles. The SMILES string of the molecule is COC(C)(CC(F)(F)C(F)(F)F)c1cccc(OC(C)C)c1. The zero-order chi connectivity index (χ0) is 17.2. The van der Waals surface area contributed by atoms with Crippen LogP contribution in [0.5, 0.6) is 5.75 Å². The molecule has 0 aromatic heterocycles. The first-order valence-electron chi connectivity index (χ1n) is 6.68. The van der Waals surface area contributed by atoms with Crippen molar-refractivity contribution >= 4 is 0 Å². The van der Waals surface area contributed by atoms with E-state index in [0.29, 0.717) is 5.75 Å². The second-order valence-electron chi connectivity index (χ2n) is 5.51. The van der Waals surface area contributed by atoms with Crippen LogP contribution in [0.4, 0.5) is 22.0 Å². The third-order valence-corrected chi connectivity index (χ3v) is 3.24. The highest BCUT2D eigenvalue weighted by molar-refractivity contribution is 5.32. The van der Waals surface area contributed by atoms with Gasteiger partial charge in [0.1, 0.15) is 5.75 Å². The molecule has 1 rings (SSSR count). The minimum Gasteiger partial charge on any atom is -0.491 e. The van der Waals surface area contributed by atoms with Crippen LogP contribution in [0.15, 0.2) is 24.3 Å². The molecule has 0 aliphatic rings. The Morgan fingerprint density at radius 2 is 1.68 bits per heavy atom. The molecule has 0 radical (unpaired) electrons. The van der Waals surface area contributed by atoms with Crippen molar-refractivity contribution in [1.82, 2.24) is 0 Å². The van der Waals surface area contributed by atoms with Gasteiger partial charge in [0.15, 0.2) is 0 Å². The summed E-state index contributed by atoms with van der Waals surface area (Å²) in [6.07, 6.45) is -7.29. The Labute approximate surface area is 126 Å². The Morgan fingerprint density at radius 1 is 1.09 bits per heavy atom. The predicted molar refractivity (Wildman–Crippen MR) is 72.2 cm³/mol. The minimum atomic E-state index is -5.63. The molecule has 0 heterocycles. The molecule has 0 spiro atoms. The van der Waals surface area contributed by atoms with Crippen LogP contribution in [0, 0.1) is 0 Å². The van der Waals surface area contributed by atoms with Gasteiger partial charge in [-0.3, -0.25) is 0 Å². The van der Waals surface area contributed by atoms with Gasteiger partial charge in [-0.1, -0.05) is 12.1 Å². The first kappa shape index (κ1) is 18.7. The molecule has 1 aromatic carbocycles. The molecule has 126 valence electrons. The molecule has 7 heteroatoms. The van der Waals surface area contributed by atoms with Crippen LogP contribution >= 0.6 is 0 Å². The van der Waals surface area contributed by atoms with Crippen molar-refractivity contribution < 1.29 is 31.4 Å². The molecule has 0 N–H and O–H groups in total. The fourth-order valence-electron chi connectivity index (χ4n) is 1.99. The highest BCUT2D eigenvalue weighted by Crippen LogP contribution is 2.45. The molecule has 1 unspecified atom stereocenters. The Kier molecular flexibility index (Phi) is 5.43. The molecular weight excluding hydrogens is 307 g/mol. The molecule has 0 aliphatic heterocycles. The van der Waals surface area contributed by atoms with Crippen LogP contribution in [-0.4, -0.2) is 25.3 Å². The van der Waals surface area contributed by atoms with Gasteiger partial charge in [-0.2, -0.15) is 22.0 Å².